The van der Waals surface area contributed by atoms with Crippen molar-refractivity contribution in [2.24, 2.45) is 0 Å². The molecule has 0 radical (unpaired) electrons. The highest BCUT2D eigenvalue weighted by Crippen LogP contribution is 2.29. The van der Waals surface area contributed by atoms with E-state index in [0.717, 1.165) is 31.6 Å². The number of amides is 1. The highest BCUT2D eigenvalue weighted by atomic mass is 32.2. The number of fused-ring (bicyclic) bond motifs is 1. The van der Waals surface area contributed by atoms with Crippen molar-refractivity contribution < 1.29 is 19.0 Å². The highest BCUT2D eigenvalue weighted by molar-refractivity contribution is 7.99. The van der Waals surface area contributed by atoms with E-state index in [1.807, 2.05) is 18.2 Å². The Morgan fingerprint density at radius 1 is 1.14 bits per heavy atom. The van der Waals surface area contributed by atoms with Crippen LogP contribution >= 0.6 is 11.8 Å². The zero-order chi connectivity index (χ0) is 25.5. The van der Waals surface area contributed by atoms with Crippen molar-refractivity contribution in [1.82, 2.24) is 9.55 Å². The first-order valence-corrected chi connectivity index (χ1v) is 13.0. The third-order valence-electron chi connectivity index (χ3n) is 6.03. The first kappa shape index (κ1) is 25.8. The predicted molar refractivity (Wildman–Crippen MR) is 143 cm³/mol. The van der Waals surface area contributed by atoms with Crippen LogP contribution in [0.3, 0.4) is 0 Å². The molecule has 0 aliphatic carbocycles. The minimum atomic E-state index is -0.220. The van der Waals surface area contributed by atoms with Crippen LogP contribution in [-0.4, -0.2) is 61.7 Å². The smallest absolute Gasteiger partial charge is 0.262 e. The van der Waals surface area contributed by atoms with Gasteiger partial charge >= 0.3 is 0 Å². The number of hydrogen-bond donors (Lipinski definition) is 1. The summed E-state index contributed by atoms with van der Waals surface area (Å²) in [5, 5.41) is 4.00. The quantitative estimate of drug-likeness (QED) is 0.324. The summed E-state index contributed by atoms with van der Waals surface area (Å²) in [7, 11) is 3.11. The van der Waals surface area contributed by atoms with Gasteiger partial charge in [0.15, 0.2) is 5.16 Å². The van der Waals surface area contributed by atoms with E-state index >= 15 is 0 Å². The molecule has 4 rings (SSSR count). The molecule has 2 aromatic carbocycles. The summed E-state index contributed by atoms with van der Waals surface area (Å²) >= 11 is 1.25. The summed E-state index contributed by atoms with van der Waals surface area (Å²) in [4.78, 5) is 33.3. The molecular weight excluding hydrogens is 480 g/mol. The molecule has 2 heterocycles. The summed E-state index contributed by atoms with van der Waals surface area (Å²) < 4.78 is 17.7. The number of benzene rings is 2. The van der Waals surface area contributed by atoms with Gasteiger partial charge in [-0.15, -0.1) is 0 Å². The van der Waals surface area contributed by atoms with E-state index in [9.17, 15) is 9.59 Å². The third-order valence-corrected chi connectivity index (χ3v) is 7.01. The van der Waals surface area contributed by atoms with Gasteiger partial charge in [-0.2, -0.15) is 0 Å². The van der Waals surface area contributed by atoms with Crippen LogP contribution in [-0.2, 0) is 16.1 Å². The second-order valence-corrected chi connectivity index (χ2v) is 9.35. The molecule has 1 fully saturated rings. The van der Waals surface area contributed by atoms with E-state index in [4.69, 9.17) is 19.2 Å². The number of nitrogens with zero attached hydrogens (tertiary/aromatic N) is 3. The van der Waals surface area contributed by atoms with Crippen molar-refractivity contribution in [3.8, 4) is 11.5 Å². The maximum Gasteiger partial charge on any atom is 0.262 e. The highest BCUT2D eigenvalue weighted by Gasteiger charge is 2.17. The van der Waals surface area contributed by atoms with E-state index in [1.54, 1.807) is 29.9 Å². The van der Waals surface area contributed by atoms with E-state index in [2.05, 4.69) is 17.1 Å². The fourth-order valence-corrected chi connectivity index (χ4v) is 4.87. The van der Waals surface area contributed by atoms with Gasteiger partial charge in [-0.05, 0) is 36.8 Å². The number of unbranched alkanes of at least 4 members (excludes halogenated alkanes) is 1. The molecule has 9 nitrogen and oxygen atoms in total. The normalized spacial score (nSPS) is 13.6. The van der Waals surface area contributed by atoms with Crippen molar-refractivity contribution in [3.63, 3.8) is 0 Å². The van der Waals surface area contributed by atoms with E-state index in [0.29, 0.717) is 53.0 Å². The number of thioether (sulfide) groups is 1. The van der Waals surface area contributed by atoms with Gasteiger partial charge in [0.2, 0.25) is 5.91 Å². The molecular formula is C26H32N4O5S. The molecule has 0 atom stereocenters. The molecule has 192 valence electrons. The number of aromatic nitrogens is 2. The van der Waals surface area contributed by atoms with E-state index < -0.39 is 0 Å². The van der Waals surface area contributed by atoms with Crippen molar-refractivity contribution in [3.05, 3.63) is 46.8 Å². The SMILES string of the molecule is CCCCn1c(SCC(=O)Nc2ccc(OC)cc2OC)nc2ccc(N3CCOCC3)cc2c1=O. The molecule has 1 N–H and O–H groups in total. The predicted octanol–water partition coefficient (Wildman–Crippen LogP) is 3.78. The van der Waals surface area contributed by atoms with Crippen LogP contribution in [0.2, 0.25) is 0 Å². The summed E-state index contributed by atoms with van der Waals surface area (Å²) in [6.45, 7) is 5.58. The largest absolute Gasteiger partial charge is 0.497 e. The lowest BCUT2D eigenvalue weighted by Crippen LogP contribution is -2.36. The van der Waals surface area contributed by atoms with Crippen LogP contribution in [0.15, 0.2) is 46.3 Å². The van der Waals surface area contributed by atoms with Crippen LogP contribution in [0.4, 0.5) is 11.4 Å². The Bertz CT molecular complexity index is 1270. The standard InChI is InChI=1S/C26H32N4O5S/c1-4-5-10-30-25(32)20-15-18(29-11-13-35-14-12-29)6-8-21(20)28-26(30)36-17-24(31)27-22-9-7-19(33-2)16-23(22)34-3/h6-9,15-16H,4-5,10-14,17H2,1-3H3,(H,27,31). The molecule has 0 unspecified atom stereocenters. The van der Waals surface area contributed by atoms with Gasteiger partial charge in [0, 0.05) is 31.4 Å². The lowest BCUT2D eigenvalue weighted by molar-refractivity contribution is -0.113. The van der Waals surface area contributed by atoms with Crippen molar-refractivity contribution >= 4 is 39.9 Å². The van der Waals surface area contributed by atoms with Gasteiger partial charge in [0.25, 0.3) is 5.56 Å². The number of methoxy groups -OCH3 is 2. The molecule has 0 spiro atoms. The van der Waals surface area contributed by atoms with E-state index in [-0.39, 0.29) is 17.2 Å². The fourth-order valence-electron chi connectivity index (χ4n) is 4.05. The monoisotopic (exact) mass is 512 g/mol. The second kappa shape index (κ2) is 12.1. The van der Waals surface area contributed by atoms with Crippen LogP contribution < -0.4 is 25.2 Å². The average molecular weight is 513 g/mol. The Labute approximate surface area is 214 Å². The molecule has 3 aromatic rings. The molecule has 1 aromatic heterocycles. The number of ether oxygens (including phenoxy) is 3. The number of carbonyl (C=O) groups excluding carboxylic acids is 1. The van der Waals surface area contributed by atoms with Crippen molar-refractivity contribution in [2.75, 3.05) is 56.5 Å². The maximum absolute atomic E-state index is 13.5. The summed E-state index contributed by atoms with van der Waals surface area (Å²) in [6, 6.07) is 11.0. The Morgan fingerprint density at radius 3 is 2.67 bits per heavy atom. The van der Waals surface area contributed by atoms with Crippen molar-refractivity contribution in [1.29, 1.82) is 0 Å². The molecule has 1 amide bonds. The van der Waals surface area contributed by atoms with Crippen LogP contribution in [0, 0.1) is 0 Å². The number of morpholine rings is 1. The minimum Gasteiger partial charge on any atom is -0.497 e. The molecule has 0 saturated carbocycles. The lowest BCUT2D eigenvalue weighted by atomic mass is 10.2. The van der Waals surface area contributed by atoms with Gasteiger partial charge in [0.1, 0.15) is 11.5 Å². The Morgan fingerprint density at radius 2 is 1.94 bits per heavy atom. The van der Waals surface area contributed by atoms with Gasteiger partial charge in [-0.25, -0.2) is 4.98 Å². The Kier molecular flexibility index (Phi) is 8.71. The fraction of sp³-hybridized carbons (Fsp3) is 0.423. The number of rotatable bonds is 10. The van der Waals surface area contributed by atoms with Crippen LogP contribution in [0.5, 0.6) is 11.5 Å². The molecule has 1 aliphatic rings. The first-order valence-electron chi connectivity index (χ1n) is 12.1. The average Bonchev–Trinajstić information content (AvgIpc) is 2.92. The molecule has 10 heteroatoms. The van der Waals surface area contributed by atoms with Gasteiger partial charge < -0.3 is 24.4 Å². The zero-order valence-electron chi connectivity index (χ0n) is 20.9. The maximum atomic E-state index is 13.5. The molecule has 36 heavy (non-hydrogen) atoms. The van der Waals surface area contributed by atoms with Gasteiger partial charge in [0.05, 0.1) is 49.8 Å². The minimum absolute atomic E-state index is 0.0803. The zero-order valence-corrected chi connectivity index (χ0v) is 21.7. The summed E-state index contributed by atoms with van der Waals surface area (Å²) in [5.41, 5.74) is 2.10. The second-order valence-electron chi connectivity index (χ2n) is 8.41. The van der Waals surface area contributed by atoms with Gasteiger partial charge in [-0.3, -0.25) is 14.2 Å². The van der Waals surface area contributed by atoms with E-state index in [1.165, 1.54) is 18.9 Å². The molecule has 1 saturated heterocycles. The topological polar surface area (TPSA) is 94.9 Å². The number of anilines is 2. The summed E-state index contributed by atoms with van der Waals surface area (Å²) in [6.07, 6.45) is 1.79. The Balaban J connectivity index is 1.56. The third kappa shape index (κ3) is 5.93. The molecule has 1 aliphatic heterocycles. The first-order chi connectivity index (χ1) is 17.5. The van der Waals surface area contributed by atoms with Gasteiger partial charge in [-0.1, -0.05) is 25.1 Å². The Hall–Kier alpha value is -3.24. The lowest BCUT2D eigenvalue weighted by Gasteiger charge is -2.29. The van der Waals surface area contributed by atoms with Crippen LogP contribution in [0.1, 0.15) is 19.8 Å². The number of hydrogen-bond acceptors (Lipinski definition) is 8. The number of carbonyl (C=O) groups is 1. The number of nitrogens with one attached hydrogen (secondary N) is 1. The molecule has 0 bridgehead atoms. The van der Waals surface area contributed by atoms with Crippen molar-refractivity contribution in [2.45, 2.75) is 31.5 Å². The van der Waals surface area contributed by atoms with Crippen LogP contribution in [0.25, 0.3) is 10.9 Å². The summed E-state index contributed by atoms with van der Waals surface area (Å²) in [5.74, 6) is 1.02.